The molecular weight excluding hydrogens is 276 g/mol. The molecule has 6 heteroatoms. The summed E-state index contributed by atoms with van der Waals surface area (Å²) in [6, 6.07) is 5.15. The van der Waals surface area contributed by atoms with Gasteiger partial charge in [0.2, 0.25) is 0 Å². The highest BCUT2D eigenvalue weighted by atomic mass is 79.9. The summed E-state index contributed by atoms with van der Waals surface area (Å²) in [4.78, 5) is 28.1. The van der Waals surface area contributed by atoms with Crippen LogP contribution in [-0.4, -0.2) is 21.0 Å². The van der Waals surface area contributed by atoms with Gasteiger partial charge in [0.25, 0.3) is 0 Å². The molecule has 0 aliphatic heterocycles. The van der Waals surface area contributed by atoms with Crippen LogP contribution in [0.5, 0.6) is 0 Å². The van der Waals surface area contributed by atoms with Crippen LogP contribution in [0.15, 0.2) is 27.5 Å². The molecule has 2 rings (SSSR count). The third kappa shape index (κ3) is 2.11. The summed E-state index contributed by atoms with van der Waals surface area (Å²) in [7, 11) is 0. The summed E-state index contributed by atoms with van der Waals surface area (Å²) in [6.45, 7) is 0. The first-order valence-corrected chi connectivity index (χ1v) is 5.26. The number of halogens is 1. The van der Waals surface area contributed by atoms with Gasteiger partial charge in [0.05, 0.1) is 11.9 Å². The summed E-state index contributed by atoms with van der Waals surface area (Å²) in [5.41, 5.74) is 0.318. The molecule has 1 heterocycles. The van der Waals surface area contributed by atoms with Crippen molar-refractivity contribution < 1.29 is 9.90 Å². The van der Waals surface area contributed by atoms with Crippen LogP contribution in [-0.2, 0) is 11.2 Å². The summed E-state index contributed by atoms with van der Waals surface area (Å²) in [5.74, 6) is -0.997. The fourth-order valence-corrected chi connectivity index (χ4v) is 1.83. The van der Waals surface area contributed by atoms with Crippen molar-refractivity contribution in [3.05, 3.63) is 38.9 Å². The van der Waals surface area contributed by atoms with Crippen molar-refractivity contribution in [2.75, 3.05) is 0 Å². The number of nitrogens with one attached hydrogen (secondary N) is 1. The Hall–Kier alpha value is -1.69. The lowest BCUT2D eigenvalue weighted by Gasteiger charge is -2.03. The lowest BCUT2D eigenvalue weighted by molar-refractivity contribution is -0.136. The van der Waals surface area contributed by atoms with E-state index in [9.17, 15) is 9.59 Å². The minimum atomic E-state index is -0.997. The molecule has 1 aromatic carbocycles. The topological polar surface area (TPSA) is 83.0 Å². The maximum atomic E-state index is 11.2. The Morgan fingerprint density at radius 3 is 2.94 bits per heavy atom. The van der Waals surface area contributed by atoms with Gasteiger partial charge in [-0.2, -0.15) is 4.98 Å². The van der Waals surface area contributed by atoms with Gasteiger partial charge in [-0.3, -0.25) is 4.79 Å². The quantitative estimate of drug-likeness (QED) is 0.870. The minimum Gasteiger partial charge on any atom is -0.481 e. The number of hydrogen-bond donors (Lipinski definition) is 2. The van der Waals surface area contributed by atoms with Crippen LogP contribution in [0.2, 0.25) is 0 Å². The van der Waals surface area contributed by atoms with E-state index in [-0.39, 0.29) is 6.42 Å². The second-order valence-electron chi connectivity index (χ2n) is 3.25. The Balaban J connectivity index is 2.74. The van der Waals surface area contributed by atoms with Gasteiger partial charge in [-0.15, -0.1) is 0 Å². The van der Waals surface area contributed by atoms with Gasteiger partial charge in [0.1, 0.15) is 0 Å². The Labute approximate surface area is 98.3 Å². The number of aromatic nitrogens is 2. The highest BCUT2D eigenvalue weighted by Crippen LogP contribution is 2.19. The number of hydrogen-bond acceptors (Lipinski definition) is 3. The van der Waals surface area contributed by atoms with Gasteiger partial charge in [0, 0.05) is 15.6 Å². The molecule has 0 unspecified atom stereocenters. The SMILES string of the molecule is O=C(O)Cc1[nH]c(=O)nc2ccc(Br)cc12. The molecule has 0 aliphatic rings. The first-order valence-electron chi connectivity index (χ1n) is 4.46. The maximum Gasteiger partial charge on any atom is 0.345 e. The smallest absolute Gasteiger partial charge is 0.345 e. The van der Waals surface area contributed by atoms with Gasteiger partial charge in [-0.1, -0.05) is 15.9 Å². The van der Waals surface area contributed by atoms with Crippen LogP contribution in [0, 0.1) is 0 Å². The second-order valence-corrected chi connectivity index (χ2v) is 4.17. The Morgan fingerprint density at radius 1 is 1.50 bits per heavy atom. The number of nitrogens with zero attached hydrogens (tertiary/aromatic N) is 1. The van der Waals surface area contributed by atoms with Crippen LogP contribution in [0.4, 0.5) is 0 Å². The van der Waals surface area contributed by atoms with E-state index in [1.165, 1.54) is 0 Å². The predicted octanol–water partition coefficient (Wildman–Crippen LogP) is 1.31. The highest BCUT2D eigenvalue weighted by Gasteiger charge is 2.08. The molecule has 0 aliphatic carbocycles. The van der Waals surface area contributed by atoms with E-state index in [1.54, 1.807) is 18.2 Å². The van der Waals surface area contributed by atoms with E-state index in [1.807, 2.05) is 0 Å². The summed E-state index contributed by atoms with van der Waals surface area (Å²) in [5, 5.41) is 9.37. The van der Waals surface area contributed by atoms with Crippen LogP contribution in [0.3, 0.4) is 0 Å². The van der Waals surface area contributed by atoms with E-state index in [0.717, 1.165) is 4.47 Å². The third-order valence-corrected chi connectivity index (χ3v) is 2.58. The number of fused-ring (bicyclic) bond motifs is 1. The Kier molecular flexibility index (Phi) is 2.74. The number of aromatic amines is 1. The summed E-state index contributed by atoms with van der Waals surface area (Å²) in [6.07, 6.45) is -0.231. The van der Waals surface area contributed by atoms with E-state index >= 15 is 0 Å². The molecule has 0 saturated carbocycles. The first-order chi connectivity index (χ1) is 7.56. The number of carbonyl (C=O) groups is 1. The lowest BCUT2D eigenvalue weighted by Crippen LogP contribution is -2.15. The number of carboxylic acid groups (broad SMARTS) is 1. The number of H-pyrrole nitrogens is 1. The average molecular weight is 283 g/mol. The van der Waals surface area contributed by atoms with Crippen molar-refractivity contribution in [1.82, 2.24) is 9.97 Å². The van der Waals surface area contributed by atoms with Gasteiger partial charge in [-0.25, -0.2) is 4.79 Å². The molecule has 0 radical (unpaired) electrons. The first kappa shape index (κ1) is 10.8. The summed E-state index contributed by atoms with van der Waals surface area (Å²) < 4.78 is 0.806. The molecule has 82 valence electrons. The number of rotatable bonds is 2. The standard InChI is InChI=1S/C10H7BrN2O3/c11-5-1-2-7-6(3-5)8(4-9(14)15)13-10(16)12-7/h1-3H,4H2,(H,14,15)(H,12,13,16). The van der Waals surface area contributed by atoms with Gasteiger partial charge in [-0.05, 0) is 18.2 Å². The normalized spacial score (nSPS) is 10.6. The molecule has 16 heavy (non-hydrogen) atoms. The van der Waals surface area contributed by atoms with Crippen molar-refractivity contribution in [3.63, 3.8) is 0 Å². The largest absolute Gasteiger partial charge is 0.481 e. The number of carboxylic acids is 1. The minimum absolute atomic E-state index is 0.231. The molecule has 0 amide bonds. The molecule has 0 bridgehead atoms. The van der Waals surface area contributed by atoms with E-state index in [4.69, 9.17) is 5.11 Å². The third-order valence-electron chi connectivity index (χ3n) is 2.09. The molecule has 0 saturated heterocycles. The molecule has 5 nitrogen and oxygen atoms in total. The van der Waals surface area contributed by atoms with Crippen LogP contribution in [0.1, 0.15) is 5.69 Å². The molecule has 0 atom stereocenters. The van der Waals surface area contributed by atoms with Gasteiger partial charge in [0.15, 0.2) is 0 Å². The van der Waals surface area contributed by atoms with Crippen molar-refractivity contribution >= 4 is 32.8 Å². The van der Waals surface area contributed by atoms with Crippen LogP contribution < -0.4 is 5.69 Å². The average Bonchev–Trinajstić information content (AvgIpc) is 2.18. The zero-order chi connectivity index (χ0) is 11.7. The van der Waals surface area contributed by atoms with Crippen molar-refractivity contribution in [1.29, 1.82) is 0 Å². The van der Waals surface area contributed by atoms with E-state index in [0.29, 0.717) is 16.6 Å². The fourth-order valence-electron chi connectivity index (χ4n) is 1.47. The molecule has 2 aromatic rings. The predicted molar refractivity (Wildman–Crippen MR) is 61.4 cm³/mol. The highest BCUT2D eigenvalue weighted by molar-refractivity contribution is 9.10. The fraction of sp³-hybridized carbons (Fsp3) is 0.100. The molecule has 0 spiro atoms. The van der Waals surface area contributed by atoms with Crippen molar-refractivity contribution in [2.45, 2.75) is 6.42 Å². The second kappa shape index (κ2) is 4.05. The van der Waals surface area contributed by atoms with Crippen molar-refractivity contribution in [2.24, 2.45) is 0 Å². The lowest BCUT2D eigenvalue weighted by atomic mass is 10.1. The molecule has 0 fully saturated rings. The molecular formula is C10H7BrN2O3. The maximum absolute atomic E-state index is 11.2. The van der Waals surface area contributed by atoms with Crippen LogP contribution in [0.25, 0.3) is 10.9 Å². The molecule has 1 aromatic heterocycles. The Bertz CT molecular complexity index is 621. The summed E-state index contributed by atoms with van der Waals surface area (Å²) >= 11 is 3.28. The van der Waals surface area contributed by atoms with E-state index in [2.05, 4.69) is 25.9 Å². The number of benzene rings is 1. The Morgan fingerprint density at radius 2 is 2.25 bits per heavy atom. The van der Waals surface area contributed by atoms with Gasteiger partial charge < -0.3 is 10.1 Å². The number of aliphatic carboxylic acids is 1. The monoisotopic (exact) mass is 282 g/mol. The zero-order valence-corrected chi connectivity index (χ0v) is 9.61. The van der Waals surface area contributed by atoms with Crippen molar-refractivity contribution in [3.8, 4) is 0 Å². The molecule has 2 N–H and O–H groups in total. The van der Waals surface area contributed by atoms with E-state index < -0.39 is 11.7 Å². The zero-order valence-electron chi connectivity index (χ0n) is 8.03. The van der Waals surface area contributed by atoms with Gasteiger partial charge >= 0.3 is 11.7 Å². The van der Waals surface area contributed by atoms with Crippen LogP contribution >= 0.6 is 15.9 Å².